The van der Waals surface area contributed by atoms with Crippen LogP contribution in [0.15, 0.2) is 72.8 Å². The molecule has 4 aliphatic rings. The van der Waals surface area contributed by atoms with Crippen LogP contribution < -0.4 is 0 Å². The Bertz CT molecular complexity index is 1570. The van der Waals surface area contributed by atoms with E-state index in [1.165, 1.54) is 22.4 Å². The van der Waals surface area contributed by atoms with E-state index in [4.69, 9.17) is 16.6 Å². The number of hydrogen-bond donors (Lipinski definition) is 1. The third-order valence-electron chi connectivity index (χ3n) is 9.78. The zero-order chi connectivity index (χ0) is 27.4. The van der Waals surface area contributed by atoms with Crippen LogP contribution in [0, 0.1) is 11.8 Å². The van der Waals surface area contributed by atoms with Gasteiger partial charge in [0.05, 0.1) is 11.6 Å². The van der Waals surface area contributed by atoms with Crippen molar-refractivity contribution in [1.82, 2.24) is 14.8 Å². The van der Waals surface area contributed by atoms with E-state index in [0.717, 1.165) is 71.6 Å². The van der Waals surface area contributed by atoms with Crippen LogP contribution in [-0.2, 0) is 13.0 Å². The minimum absolute atomic E-state index is 0.153. The number of nitrogens with zero attached hydrogens (tertiary/aromatic N) is 3. The average molecular weight is 570 g/mol. The van der Waals surface area contributed by atoms with Crippen molar-refractivity contribution >= 4 is 33.8 Å². The maximum atomic E-state index is 11.6. The number of thiophene rings is 1. The second kappa shape index (κ2) is 10.7. The van der Waals surface area contributed by atoms with Crippen molar-refractivity contribution in [3.63, 3.8) is 0 Å². The van der Waals surface area contributed by atoms with Crippen molar-refractivity contribution < 1.29 is 5.11 Å². The monoisotopic (exact) mass is 569 g/mol. The molecule has 1 N–H and O–H groups in total. The summed E-state index contributed by atoms with van der Waals surface area (Å²) in [6.07, 6.45) is 6.75. The van der Waals surface area contributed by atoms with E-state index in [1.54, 1.807) is 0 Å². The normalized spacial score (nSPS) is 26.0. The first-order valence-electron chi connectivity index (χ1n) is 14.5. The maximum Gasteiger partial charge on any atom is 0.0952 e. The van der Waals surface area contributed by atoms with Gasteiger partial charge < -0.3 is 5.11 Å². The van der Waals surface area contributed by atoms with Crippen LogP contribution in [0.4, 0.5) is 0 Å². The summed E-state index contributed by atoms with van der Waals surface area (Å²) in [5.74, 6) is 1.17. The Labute approximate surface area is 245 Å². The molecule has 0 spiro atoms. The topological polar surface area (TPSA) is 39.6 Å². The molecular weight excluding hydrogens is 534 g/mol. The van der Waals surface area contributed by atoms with E-state index >= 15 is 0 Å². The molecule has 3 saturated heterocycles. The summed E-state index contributed by atoms with van der Waals surface area (Å²) in [6.45, 7) is 10.4. The molecule has 6 heteroatoms. The summed E-state index contributed by atoms with van der Waals surface area (Å²) >= 11 is 8.79. The lowest BCUT2D eigenvalue weighted by Crippen LogP contribution is -2.54. The molecule has 0 aliphatic carbocycles. The van der Waals surface area contributed by atoms with Gasteiger partial charge >= 0.3 is 0 Å². The quantitative estimate of drug-likeness (QED) is 0.242. The Morgan fingerprint density at radius 1 is 1.10 bits per heavy atom. The zero-order valence-electron chi connectivity index (χ0n) is 23.0. The molecule has 4 aliphatic heterocycles. The van der Waals surface area contributed by atoms with E-state index in [2.05, 4.69) is 77.2 Å². The highest BCUT2D eigenvalue weighted by Gasteiger charge is 2.42. The largest absolute Gasteiger partial charge is 0.387 e. The van der Waals surface area contributed by atoms with E-state index in [9.17, 15) is 5.11 Å². The molecule has 2 aromatic heterocycles. The number of rotatable bonds is 6. The molecule has 206 valence electrons. The van der Waals surface area contributed by atoms with Crippen molar-refractivity contribution in [3.8, 4) is 11.1 Å². The predicted molar refractivity (Wildman–Crippen MR) is 166 cm³/mol. The van der Waals surface area contributed by atoms with E-state index in [1.807, 2.05) is 23.6 Å². The molecule has 3 unspecified atom stereocenters. The summed E-state index contributed by atoms with van der Waals surface area (Å²) < 4.78 is 0. The average Bonchev–Trinajstić information content (AvgIpc) is 3.48. The van der Waals surface area contributed by atoms with Crippen LogP contribution in [0.1, 0.15) is 53.5 Å². The minimum atomic E-state index is -0.528. The van der Waals surface area contributed by atoms with E-state index in [0.29, 0.717) is 11.8 Å². The Morgan fingerprint density at radius 3 is 2.75 bits per heavy atom. The van der Waals surface area contributed by atoms with Gasteiger partial charge in [-0.3, -0.25) is 14.8 Å². The number of pyridine rings is 1. The van der Waals surface area contributed by atoms with Crippen molar-refractivity contribution in [2.24, 2.45) is 11.8 Å². The first-order valence-corrected chi connectivity index (χ1v) is 15.8. The molecule has 0 saturated carbocycles. The number of fused-ring (bicyclic) bond motifs is 5. The van der Waals surface area contributed by atoms with Gasteiger partial charge in [0.1, 0.15) is 0 Å². The third kappa shape index (κ3) is 4.62. The van der Waals surface area contributed by atoms with Gasteiger partial charge in [-0.05, 0) is 102 Å². The van der Waals surface area contributed by atoms with Crippen molar-refractivity contribution in [3.05, 3.63) is 99.4 Å². The summed E-state index contributed by atoms with van der Waals surface area (Å²) in [5.41, 5.74) is 6.68. The molecule has 40 heavy (non-hydrogen) atoms. The molecule has 0 radical (unpaired) electrons. The van der Waals surface area contributed by atoms with Crippen molar-refractivity contribution in [1.29, 1.82) is 0 Å². The molecule has 3 fully saturated rings. The molecule has 8 rings (SSSR count). The highest BCUT2D eigenvalue weighted by molar-refractivity contribution is 7.10. The first kappa shape index (κ1) is 26.4. The summed E-state index contributed by atoms with van der Waals surface area (Å²) in [5, 5.41) is 15.6. The highest BCUT2D eigenvalue weighted by Crippen LogP contribution is 2.42. The SMILES string of the molecule is C=C[C@H]1CN2CCC1CC2[C@@H](O)c1ccnc2cc(-c3ccc([C@@H](C)N4CCc5sccc5C4)c(Cl)c3)ccc12. The Kier molecular flexibility index (Phi) is 7.05. The second-order valence-corrected chi connectivity index (χ2v) is 13.2. The lowest BCUT2D eigenvalue weighted by molar-refractivity contribution is -0.0444. The first-order chi connectivity index (χ1) is 19.5. The van der Waals surface area contributed by atoms with Gasteiger partial charge in [-0.15, -0.1) is 17.9 Å². The van der Waals surface area contributed by atoms with Gasteiger partial charge in [-0.25, -0.2) is 0 Å². The van der Waals surface area contributed by atoms with Crippen LogP contribution in [-0.4, -0.2) is 45.6 Å². The fraction of sp³-hybridized carbons (Fsp3) is 0.382. The lowest BCUT2D eigenvalue weighted by Gasteiger charge is -2.50. The molecule has 6 atom stereocenters. The Morgan fingerprint density at radius 2 is 1.95 bits per heavy atom. The van der Waals surface area contributed by atoms with Crippen LogP contribution >= 0.6 is 22.9 Å². The maximum absolute atomic E-state index is 11.6. The second-order valence-electron chi connectivity index (χ2n) is 11.8. The Balaban J connectivity index is 1.13. The fourth-order valence-electron chi connectivity index (χ4n) is 7.36. The predicted octanol–water partition coefficient (Wildman–Crippen LogP) is 7.67. The summed E-state index contributed by atoms with van der Waals surface area (Å²) in [7, 11) is 0. The van der Waals surface area contributed by atoms with Crippen molar-refractivity contribution in [2.45, 2.75) is 50.9 Å². The number of aliphatic hydroxyl groups excluding tert-OH is 1. The molecule has 0 amide bonds. The Hall–Kier alpha value is -2.54. The third-order valence-corrected chi connectivity index (χ3v) is 11.1. The van der Waals surface area contributed by atoms with Gasteiger partial charge in [-0.2, -0.15) is 0 Å². The molecular formula is C34H36ClN3OS. The van der Waals surface area contributed by atoms with E-state index < -0.39 is 6.10 Å². The van der Waals surface area contributed by atoms with Gasteiger partial charge in [0.25, 0.3) is 0 Å². The van der Waals surface area contributed by atoms with Crippen LogP contribution in [0.3, 0.4) is 0 Å². The van der Waals surface area contributed by atoms with Gasteiger partial charge in [0.15, 0.2) is 0 Å². The fourth-order valence-corrected chi connectivity index (χ4v) is 8.59. The van der Waals surface area contributed by atoms with Crippen molar-refractivity contribution in [2.75, 3.05) is 19.6 Å². The van der Waals surface area contributed by atoms with Gasteiger partial charge in [0, 0.05) is 53.2 Å². The molecule has 4 nitrogen and oxygen atoms in total. The summed E-state index contributed by atoms with van der Waals surface area (Å²) in [4.78, 5) is 11.2. The number of hydrogen-bond acceptors (Lipinski definition) is 5. The number of aliphatic hydroxyl groups is 1. The molecule has 4 aromatic rings. The van der Waals surface area contributed by atoms with Crippen LogP contribution in [0.2, 0.25) is 5.02 Å². The minimum Gasteiger partial charge on any atom is -0.387 e. The zero-order valence-corrected chi connectivity index (χ0v) is 24.5. The molecule has 6 heterocycles. The smallest absolute Gasteiger partial charge is 0.0952 e. The number of halogens is 1. The lowest BCUT2D eigenvalue weighted by atomic mass is 9.73. The standard InChI is InChI=1S/C34H36ClN3OS/c1-3-22-19-38-13-9-25(22)18-32(38)34(39)29-8-12-36-31-17-24(5-7-28(29)31)23-4-6-27(30(35)16-23)21(2)37-14-10-33-26(20-37)11-15-40-33/h3-8,11-12,15-17,21-22,25,32,34,39H,1,9-10,13-14,18-20H2,2H3/t21-,22+,25?,32?,34+/m1/s1. The number of benzene rings is 2. The van der Waals surface area contributed by atoms with E-state index in [-0.39, 0.29) is 12.1 Å². The number of piperidine rings is 3. The van der Waals surface area contributed by atoms with Gasteiger partial charge in [0.2, 0.25) is 0 Å². The van der Waals surface area contributed by atoms with Crippen LogP contribution in [0.25, 0.3) is 22.0 Å². The molecule has 2 aromatic carbocycles. The molecule has 2 bridgehead atoms. The van der Waals surface area contributed by atoms with Crippen LogP contribution in [0.5, 0.6) is 0 Å². The summed E-state index contributed by atoms with van der Waals surface area (Å²) in [6, 6.07) is 17.5. The number of aromatic nitrogens is 1. The van der Waals surface area contributed by atoms with Gasteiger partial charge in [-0.1, -0.05) is 41.9 Å². The highest BCUT2D eigenvalue weighted by atomic mass is 35.5.